The van der Waals surface area contributed by atoms with Crippen molar-refractivity contribution >= 4 is 29.6 Å². The molecule has 14 heteroatoms. The van der Waals surface area contributed by atoms with Gasteiger partial charge in [-0.3, -0.25) is 38.8 Å². The molecule has 13 nitrogen and oxygen atoms in total. The number of anilines is 1. The average Bonchev–Trinajstić information content (AvgIpc) is 2.76. The van der Waals surface area contributed by atoms with Crippen LogP contribution >= 0.6 is 0 Å². The van der Waals surface area contributed by atoms with Crippen LogP contribution < -0.4 is 5.73 Å². The first-order valence-electron chi connectivity index (χ1n) is 11.6. The van der Waals surface area contributed by atoms with E-state index >= 15 is 0 Å². The van der Waals surface area contributed by atoms with Crippen molar-refractivity contribution < 1.29 is 65.8 Å². The minimum Gasteiger partial charge on any atom is -0.480 e. The van der Waals surface area contributed by atoms with Gasteiger partial charge < -0.3 is 26.2 Å². The molecule has 0 bridgehead atoms. The summed E-state index contributed by atoms with van der Waals surface area (Å²) >= 11 is 0. The molecular weight excluding hydrogens is 563 g/mol. The topological polar surface area (TPSA) is 188 Å². The Bertz CT molecular complexity index is 904. The largest absolute Gasteiger partial charge is 4.00 e. The van der Waals surface area contributed by atoms with Gasteiger partial charge in [0.25, 0.3) is 0 Å². The second-order valence-electron chi connectivity index (χ2n) is 8.93. The van der Waals surface area contributed by atoms with Crippen molar-refractivity contribution in [3.05, 3.63) is 29.8 Å². The fourth-order valence-electron chi connectivity index (χ4n) is 4.28. The van der Waals surface area contributed by atoms with E-state index in [1.165, 1.54) is 0 Å². The second-order valence-corrected chi connectivity index (χ2v) is 8.93. The molecular formula is C23H35N5O8Zr+4. The summed E-state index contributed by atoms with van der Waals surface area (Å²) in [5.74, 6) is -4.17. The van der Waals surface area contributed by atoms with Crippen LogP contribution in [-0.2, 0) is 51.8 Å². The molecule has 1 aromatic rings. The Hall–Kier alpha value is -2.38. The quantitative estimate of drug-likeness (QED) is 0.201. The Kier molecular flexibility index (Phi) is 14.5. The van der Waals surface area contributed by atoms with E-state index in [4.69, 9.17) is 5.73 Å². The number of carbonyl (C=O) groups is 4. The van der Waals surface area contributed by atoms with Crippen LogP contribution in [0.3, 0.4) is 0 Å². The van der Waals surface area contributed by atoms with Gasteiger partial charge >= 0.3 is 50.1 Å². The molecule has 0 aliphatic carbocycles. The molecule has 0 saturated carbocycles. The zero-order valence-corrected chi connectivity index (χ0v) is 23.1. The van der Waals surface area contributed by atoms with Crippen LogP contribution in [0.25, 0.3) is 0 Å². The molecule has 1 atom stereocenters. The van der Waals surface area contributed by atoms with Crippen molar-refractivity contribution in [1.82, 2.24) is 19.6 Å². The summed E-state index contributed by atoms with van der Waals surface area (Å²) in [6.45, 7) is 0.637. The molecule has 0 amide bonds. The number of aliphatic carboxylic acids is 4. The summed E-state index contributed by atoms with van der Waals surface area (Å²) in [6.07, 6.45) is 0.418. The Morgan fingerprint density at radius 2 is 1.08 bits per heavy atom. The van der Waals surface area contributed by atoms with Crippen LogP contribution in [0.2, 0.25) is 0 Å². The Balaban J connectivity index is 0.00000684. The van der Waals surface area contributed by atoms with Gasteiger partial charge in [-0.15, -0.1) is 0 Å². The molecule has 1 aliphatic rings. The van der Waals surface area contributed by atoms with E-state index < -0.39 is 29.9 Å². The zero-order chi connectivity index (χ0) is 26.7. The third-order valence-corrected chi connectivity index (χ3v) is 6.02. The number of nitrogens with zero attached hydrogens (tertiary/aromatic N) is 4. The van der Waals surface area contributed by atoms with Crippen LogP contribution in [0, 0.1) is 0 Å². The second kappa shape index (κ2) is 16.5. The monoisotopic (exact) mass is 598 g/mol. The van der Waals surface area contributed by atoms with Crippen LogP contribution in [-0.4, -0.2) is 142 Å². The van der Waals surface area contributed by atoms with Gasteiger partial charge in [-0.25, -0.2) is 0 Å². The van der Waals surface area contributed by atoms with Gasteiger partial charge in [0.1, 0.15) is 0 Å². The molecule has 2 rings (SSSR count). The molecule has 6 N–H and O–H groups in total. The fraction of sp³-hybridized carbons (Fsp3) is 0.565. The first kappa shape index (κ1) is 32.7. The molecule has 0 aromatic heterocycles. The predicted molar refractivity (Wildman–Crippen MR) is 130 cm³/mol. The van der Waals surface area contributed by atoms with Crippen molar-refractivity contribution in [2.75, 3.05) is 77.7 Å². The molecule has 1 heterocycles. The number of nitrogen functional groups attached to an aromatic ring is 1. The maximum absolute atomic E-state index is 11.7. The first-order chi connectivity index (χ1) is 17.0. The van der Waals surface area contributed by atoms with E-state index in [1.807, 2.05) is 12.1 Å². The maximum atomic E-state index is 11.7. The minimum absolute atomic E-state index is 0. The number of carboxylic acid groups (broad SMARTS) is 4. The van der Waals surface area contributed by atoms with Gasteiger partial charge in [0.15, 0.2) is 0 Å². The van der Waals surface area contributed by atoms with Crippen LogP contribution in [0.1, 0.15) is 5.56 Å². The number of carboxylic acids is 4. The van der Waals surface area contributed by atoms with Crippen molar-refractivity contribution in [3.8, 4) is 0 Å². The van der Waals surface area contributed by atoms with E-state index in [0.29, 0.717) is 12.1 Å². The van der Waals surface area contributed by atoms with Gasteiger partial charge in [-0.05, 0) is 24.1 Å². The smallest absolute Gasteiger partial charge is 0.480 e. The molecule has 0 unspecified atom stereocenters. The Morgan fingerprint density at radius 3 is 1.54 bits per heavy atom. The average molecular weight is 598 g/mol. The van der Waals surface area contributed by atoms with Crippen LogP contribution in [0.15, 0.2) is 24.3 Å². The maximum Gasteiger partial charge on any atom is 4.00 e. The number of benzene rings is 1. The molecule has 200 valence electrons. The standard InChI is InChI=1S/C23H35N5O8.Zr/c24-18-3-1-17(2-4-18)11-19-12-27(15-22(33)34)8-7-25(13-20(29)30)5-6-26(14-21(31)32)9-10-28(19)16-23(35)36;/h1-4,19H,5-16,24H2,(H,29,30)(H,31,32)(H,33,34)(H,35,36);/q;+4/t19-;/m0./s1/i;1-2. The van der Waals surface area contributed by atoms with Crippen molar-refractivity contribution in [2.45, 2.75) is 12.5 Å². The van der Waals surface area contributed by atoms with Crippen molar-refractivity contribution in [2.24, 2.45) is 0 Å². The number of nitrogens with two attached hydrogens (primary N) is 1. The third kappa shape index (κ3) is 13.1. The number of hydrogen-bond acceptors (Lipinski definition) is 9. The molecule has 1 fully saturated rings. The Labute approximate surface area is 234 Å². The van der Waals surface area contributed by atoms with E-state index in [2.05, 4.69) is 0 Å². The molecule has 1 saturated heterocycles. The third-order valence-electron chi connectivity index (χ3n) is 6.02. The first-order valence-corrected chi connectivity index (χ1v) is 11.6. The number of hydrogen-bond donors (Lipinski definition) is 5. The zero-order valence-electron chi connectivity index (χ0n) is 20.7. The minimum atomic E-state index is -1.05. The predicted octanol–water partition coefficient (Wildman–Crippen LogP) is -1.26. The van der Waals surface area contributed by atoms with Gasteiger partial charge in [-0.2, -0.15) is 0 Å². The van der Waals surface area contributed by atoms with E-state index in [0.717, 1.165) is 5.56 Å². The summed E-state index contributed by atoms with van der Waals surface area (Å²) in [4.78, 5) is 52.8. The van der Waals surface area contributed by atoms with Crippen molar-refractivity contribution in [3.63, 3.8) is 0 Å². The van der Waals surface area contributed by atoms with Crippen LogP contribution in [0.5, 0.6) is 0 Å². The van der Waals surface area contributed by atoms with Gasteiger partial charge in [0.05, 0.1) is 26.2 Å². The molecule has 0 spiro atoms. The summed E-state index contributed by atoms with van der Waals surface area (Å²) in [6, 6.07) is 6.73. The Morgan fingerprint density at radius 1 is 0.676 bits per heavy atom. The summed E-state index contributed by atoms with van der Waals surface area (Å²) in [5.41, 5.74) is 7.26. The summed E-state index contributed by atoms with van der Waals surface area (Å²) < 4.78 is 0. The molecule has 1 aromatic carbocycles. The van der Waals surface area contributed by atoms with E-state index in [-0.39, 0.29) is 98.2 Å². The summed E-state index contributed by atoms with van der Waals surface area (Å²) in [5, 5.41) is 37.7. The SMILES string of the molecule is Nc1ccc(C[C@H]2CN(CC(=O)O)CCN(CC(=O)O)CCN(CC(=O)O)CCN2CC(=O)O)cc1.[89Zr+4]. The number of rotatable bonds is 10. The molecule has 37 heavy (non-hydrogen) atoms. The molecule has 1 aliphatic heterocycles. The van der Waals surface area contributed by atoms with Gasteiger partial charge in [0.2, 0.25) is 0 Å². The van der Waals surface area contributed by atoms with E-state index in [1.54, 1.807) is 31.7 Å². The van der Waals surface area contributed by atoms with Gasteiger partial charge in [0, 0.05) is 57.5 Å². The molecule has 0 radical (unpaired) electrons. The van der Waals surface area contributed by atoms with Crippen molar-refractivity contribution in [1.29, 1.82) is 0 Å². The fourth-order valence-corrected chi connectivity index (χ4v) is 4.28. The normalized spacial score (nSPS) is 19.2. The summed E-state index contributed by atoms with van der Waals surface area (Å²) in [7, 11) is 0. The van der Waals surface area contributed by atoms with Gasteiger partial charge in [-0.1, -0.05) is 12.1 Å². The van der Waals surface area contributed by atoms with E-state index in [9.17, 15) is 39.6 Å². The van der Waals surface area contributed by atoms with Crippen LogP contribution in [0.4, 0.5) is 5.69 Å².